The molecule has 0 bridgehead atoms. The lowest BCUT2D eigenvalue weighted by molar-refractivity contribution is -0.274. The van der Waals surface area contributed by atoms with E-state index in [1.54, 1.807) is 30.6 Å². The Bertz CT molecular complexity index is 1450. The van der Waals surface area contributed by atoms with Crippen LogP contribution in [0.5, 0.6) is 5.75 Å². The number of hydrogen-bond donors (Lipinski definition) is 3. The van der Waals surface area contributed by atoms with E-state index in [0.29, 0.717) is 44.2 Å². The van der Waals surface area contributed by atoms with Gasteiger partial charge in [0.15, 0.2) is 0 Å². The van der Waals surface area contributed by atoms with Crippen LogP contribution in [0.15, 0.2) is 54.9 Å². The van der Waals surface area contributed by atoms with Crippen molar-refractivity contribution in [1.82, 2.24) is 15.3 Å². The number of rotatable bonds is 13. The second kappa shape index (κ2) is 12.9. The monoisotopic (exact) mass is 562 g/mol. The highest BCUT2D eigenvalue weighted by atomic mass is 35.5. The van der Waals surface area contributed by atoms with Crippen LogP contribution < -0.4 is 15.4 Å². The number of carboxylic acid groups (broad SMARTS) is 1. The number of nitrogens with zero attached hydrogens (tertiary/aromatic N) is 2. The van der Waals surface area contributed by atoms with Gasteiger partial charge in [0.25, 0.3) is 0 Å². The van der Waals surface area contributed by atoms with E-state index in [0.717, 1.165) is 34.6 Å². The van der Waals surface area contributed by atoms with Crippen molar-refractivity contribution in [3.05, 3.63) is 71.0 Å². The van der Waals surface area contributed by atoms with Crippen LogP contribution in [0.25, 0.3) is 21.7 Å². The zero-order valence-corrected chi connectivity index (χ0v) is 21.5. The number of hydrogen-bond acceptors (Lipinski definition) is 7. The van der Waals surface area contributed by atoms with Gasteiger partial charge in [-0.25, -0.2) is 9.78 Å². The maximum atomic E-state index is 12.3. The summed E-state index contributed by atoms with van der Waals surface area (Å²) in [5.74, 6) is -0.803. The molecule has 0 radical (unpaired) electrons. The standard InChI is InChI=1S/C27H26ClF3N4O4/c28-22-13-17(3-6-24(22)39-27(29,30)31)15-32-8-1-2-11-38-12-10-34-25-20-7-9-33-16-21(20)19-5-4-18(26(36)37)14-23(19)35-25/h3-7,9,13-14,16,32H,1-2,8,10-12,15H2,(H,34,35)(H,36,37). The highest BCUT2D eigenvalue weighted by molar-refractivity contribution is 6.32. The van der Waals surface area contributed by atoms with Gasteiger partial charge in [0, 0.05) is 48.2 Å². The van der Waals surface area contributed by atoms with Gasteiger partial charge in [-0.1, -0.05) is 23.7 Å². The molecule has 4 aromatic rings. The Balaban J connectivity index is 1.17. The molecule has 2 heterocycles. The lowest BCUT2D eigenvalue weighted by atomic mass is 10.1. The minimum absolute atomic E-state index is 0.0952. The number of alkyl halides is 3. The minimum Gasteiger partial charge on any atom is -0.478 e. The third-order valence-corrected chi connectivity index (χ3v) is 6.12. The van der Waals surface area contributed by atoms with E-state index >= 15 is 0 Å². The molecule has 39 heavy (non-hydrogen) atoms. The van der Waals surface area contributed by atoms with Crippen molar-refractivity contribution >= 4 is 45.1 Å². The van der Waals surface area contributed by atoms with Crippen molar-refractivity contribution in [2.45, 2.75) is 25.7 Å². The molecule has 2 aromatic heterocycles. The molecule has 0 amide bonds. The molecule has 0 spiro atoms. The summed E-state index contributed by atoms with van der Waals surface area (Å²) in [4.78, 5) is 20.2. The Morgan fingerprint density at radius 1 is 1.00 bits per heavy atom. The van der Waals surface area contributed by atoms with E-state index in [2.05, 4.69) is 25.3 Å². The molecule has 0 fully saturated rings. The molecule has 0 atom stereocenters. The Kier molecular flexibility index (Phi) is 9.39. The van der Waals surface area contributed by atoms with Crippen molar-refractivity contribution < 1.29 is 32.5 Å². The maximum Gasteiger partial charge on any atom is 0.573 e. The van der Waals surface area contributed by atoms with Gasteiger partial charge in [0.2, 0.25) is 0 Å². The Morgan fingerprint density at radius 2 is 1.85 bits per heavy atom. The van der Waals surface area contributed by atoms with Crippen LogP contribution in [0.4, 0.5) is 19.0 Å². The number of halogens is 4. The first-order chi connectivity index (χ1) is 18.7. The Hall–Kier alpha value is -3.67. The highest BCUT2D eigenvalue weighted by Gasteiger charge is 2.32. The van der Waals surface area contributed by atoms with Gasteiger partial charge in [-0.2, -0.15) is 0 Å². The summed E-state index contributed by atoms with van der Waals surface area (Å²) < 4.78 is 46.6. The Labute approximate surface area is 227 Å². The van der Waals surface area contributed by atoms with Crippen LogP contribution in [-0.2, 0) is 11.3 Å². The molecule has 0 saturated carbocycles. The van der Waals surface area contributed by atoms with Gasteiger partial charge in [-0.05, 0) is 55.3 Å². The number of benzene rings is 2. The number of anilines is 1. The van der Waals surface area contributed by atoms with Crippen molar-refractivity contribution in [2.75, 3.05) is 31.6 Å². The van der Waals surface area contributed by atoms with Gasteiger partial charge in [-0.15, -0.1) is 13.2 Å². The molecule has 206 valence electrons. The number of aromatic carboxylic acids is 1. The van der Waals surface area contributed by atoms with E-state index < -0.39 is 18.1 Å². The predicted octanol–water partition coefficient (Wildman–Crippen LogP) is 6.03. The highest BCUT2D eigenvalue weighted by Crippen LogP contribution is 2.31. The average Bonchev–Trinajstić information content (AvgIpc) is 2.90. The zero-order chi connectivity index (χ0) is 27.8. The van der Waals surface area contributed by atoms with Crippen LogP contribution in [0, 0.1) is 0 Å². The summed E-state index contributed by atoms with van der Waals surface area (Å²) in [6, 6.07) is 10.9. The quantitative estimate of drug-likeness (QED) is 0.134. The lowest BCUT2D eigenvalue weighted by Crippen LogP contribution is -2.18. The number of nitrogens with one attached hydrogen (secondary N) is 2. The molecule has 0 aliphatic heterocycles. The van der Waals surface area contributed by atoms with Gasteiger partial charge in [-0.3, -0.25) is 4.98 Å². The number of pyridine rings is 2. The van der Waals surface area contributed by atoms with Crippen molar-refractivity contribution in [3.63, 3.8) is 0 Å². The third-order valence-electron chi connectivity index (χ3n) is 5.83. The molecule has 8 nitrogen and oxygen atoms in total. The lowest BCUT2D eigenvalue weighted by Gasteiger charge is -2.12. The van der Waals surface area contributed by atoms with Gasteiger partial charge < -0.3 is 25.2 Å². The van der Waals surface area contributed by atoms with E-state index in [-0.39, 0.29) is 10.6 Å². The third kappa shape index (κ3) is 7.92. The summed E-state index contributed by atoms with van der Waals surface area (Å²) in [5, 5.41) is 18.3. The van der Waals surface area contributed by atoms with E-state index in [1.165, 1.54) is 18.2 Å². The molecular formula is C27H26ClF3N4O4. The number of unbranched alkanes of at least 4 members (excludes halogenated alkanes) is 1. The molecule has 3 N–H and O–H groups in total. The zero-order valence-electron chi connectivity index (χ0n) is 20.7. The second-order valence-electron chi connectivity index (χ2n) is 8.65. The number of carbonyl (C=O) groups is 1. The molecule has 0 aliphatic rings. The topological polar surface area (TPSA) is 106 Å². The largest absolute Gasteiger partial charge is 0.573 e. The molecule has 2 aromatic carbocycles. The molecule has 0 saturated heterocycles. The predicted molar refractivity (Wildman–Crippen MR) is 142 cm³/mol. The second-order valence-corrected chi connectivity index (χ2v) is 9.06. The van der Waals surface area contributed by atoms with Gasteiger partial charge >= 0.3 is 12.3 Å². The maximum absolute atomic E-state index is 12.3. The first kappa shape index (κ1) is 28.3. The van der Waals surface area contributed by atoms with Crippen LogP contribution in [0.2, 0.25) is 5.02 Å². The van der Waals surface area contributed by atoms with Crippen LogP contribution in [-0.4, -0.2) is 53.7 Å². The first-order valence-electron chi connectivity index (χ1n) is 12.2. The summed E-state index contributed by atoms with van der Waals surface area (Å²) >= 11 is 5.87. The Morgan fingerprint density at radius 3 is 2.62 bits per heavy atom. The van der Waals surface area contributed by atoms with Crippen LogP contribution in [0.1, 0.15) is 28.8 Å². The summed E-state index contributed by atoms with van der Waals surface area (Å²) in [6.07, 6.45) is 0.318. The number of aromatic nitrogens is 2. The fourth-order valence-electron chi connectivity index (χ4n) is 4.01. The van der Waals surface area contributed by atoms with Crippen molar-refractivity contribution in [2.24, 2.45) is 0 Å². The smallest absolute Gasteiger partial charge is 0.478 e. The van der Waals surface area contributed by atoms with E-state index in [9.17, 15) is 23.1 Å². The number of ether oxygens (including phenoxy) is 2. The summed E-state index contributed by atoms with van der Waals surface area (Å²) in [5.41, 5.74) is 1.49. The normalized spacial score (nSPS) is 11.7. The molecule has 12 heteroatoms. The fourth-order valence-corrected chi connectivity index (χ4v) is 4.25. The minimum atomic E-state index is -4.78. The van der Waals surface area contributed by atoms with Gasteiger partial charge in [0.05, 0.1) is 22.7 Å². The van der Waals surface area contributed by atoms with Crippen LogP contribution in [0.3, 0.4) is 0 Å². The molecular weight excluding hydrogens is 537 g/mol. The van der Waals surface area contributed by atoms with E-state index in [1.807, 2.05) is 6.07 Å². The average molecular weight is 563 g/mol. The van der Waals surface area contributed by atoms with Crippen molar-refractivity contribution in [3.8, 4) is 5.75 Å². The summed E-state index contributed by atoms with van der Waals surface area (Å²) in [7, 11) is 0. The molecule has 4 rings (SSSR count). The fraction of sp³-hybridized carbons (Fsp3) is 0.296. The SMILES string of the molecule is O=C(O)c1ccc2c(c1)nc(NCCOCCCCNCc1ccc(OC(F)(F)F)c(Cl)c1)c1ccncc12. The summed E-state index contributed by atoms with van der Waals surface area (Å²) in [6.45, 7) is 2.71. The molecule has 0 unspecified atom stereocenters. The van der Waals surface area contributed by atoms with Crippen LogP contribution >= 0.6 is 11.6 Å². The molecule has 0 aliphatic carbocycles. The first-order valence-corrected chi connectivity index (χ1v) is 12.6. The van der Waals surface area contributed by atoms with Gasteiger partial charge in [0.1, 0.15) is 11.6 Å². The number of fused-ring (bicyclic) bond motifs is 3. The van der Waals surface area contributed by atoms with Crippen molar-refractivity contribution in [1.29, 1.82) is 0 Å². The number of carboxylic acids is 1. The van der Waals surface area contributed by atoms with E-state index in [4.69, 9.17) is 16.3 Å².